The molecule has 0 bridgehead atoms. The van der Waals surface area contributed by atoms with Crippen molar-refractivity contribution >= 4 is 0 Å². The van der Waals surface area contributed by atoms with Gasteiger partial charge in [0.25, 0.3) is 0 Å². The summed E-state index contributed by atoms with van der Waals surface area (Å²) in [5, 5.41) is 4.39. The lowest BCUT2D eigenvalue weighted by Crippen LogP contribution is -2.22. The van der Waals surface area contributed by atoms with Crippen LogP contribution in [-0.2, 0) is 6.42 Å². The van der Waals surface area contributed by atoms with Gasteiger partial charge in [0.05, 0.1) is 0 Å². The zero-order chi connectivity index (χ0) is 10.5. The molecule has 1 saturated heterocycles. The van der Waals surface area contributed by atoms with E-state index < -0.39 is 0 Å². The fraction of sp³-hybridized carbons (Fsp3) is 0.571. The summed E-state index contributed by atoms with van der Waals surface area (Å²) in [6, 6.07) is 8.96. The van der Waals surface area contributed by atoms with Crippen molar-refractivity contribution in [1.82, 2.24) is 5.32 Å². The second kappa shape index (κ2) is 5.32. The number of hydrogen-bond donors (Lipinski definition) is 0. The maximum atomic E-state index is 4.39. The molecule has 1 heteroatoms. The molecule has 0 unspecified atom stereocenters. The molecule has 1 aromatic carbocycles. The van der Waals surface area contributed by atoms with E-state index in [2.05, 4.69) is 36.5 Å². The van der Waals surface area contributed by atoms with E-state index in [1.54, 1.807) is 0 Å². The third-order valence-corrected chi connectivity index (χ3v) is 3.35. The van der Waals surface area contributed by atoms with Crippen LogP contribution in [0.2, 0.25) is 0 Å². The molecule has 1 radical (unpaired) electrons. The predicted octanol–water partition coefficient (Wildman–Crippen LogP) is 2.94. The van der Waals surface area contributed by atoms with Crippen LogP contribution in [0.5, 0.6) is 0 Å². The van der Waals surface area contributed by atoms with Gasteiger partial charge in [-0.2, -0.15) is 0 Å². The van der Waals surface area contributed by atoms with Crippen LogP contribution in [0.3, 0.4) is 0 Å². The molecule has 2 rings (SSSR count). The first kappa shape index (κ1) is 10.7. The van der Waals surface area contributed by atoms with Gasteiger partial charge in [0.15, 0.2) is 0 Å². The molecule has 1 aromatic rings. The summed E-state index contributed by atoms with van der Waals surface area (Å²) >= 11 is 0. The molecular weight excluding hydrogens is 182 g/mol. The monoisotopic (exact) mass is 202 g/mol. The van der Waals surface area contributed by atoms with Crippen LogP contribution in [0.1, 0.15) is 30.4 Å². The second-order valence-electron chi connectivity index (χ2n) is 4.64. The van der Waals surface area contributed by atoms with Crippen molar-refractivity contribution in [3.05, 3.63) is 35.4 Å². The fourth-order valence-electron chi connectivity index (χ4n) is 2.22. The van der Waals surface area contributed by atoms with E-state index in [-0.39, 0.29) is 0 Å². The van der Waals surface area contributed by atoms with Crippen LogP contribution in [-0.4, -0.2) is 13.1 Å². The molecule has 0 spiro atoms. The Morgan fingerprint density at radius 2 is 1.80 bits per heavy atom. The Labute approximate surface area is 92.9 Å². The summed E-state index contributed by atoms with van der Waals surface area (Å²) in [7, 11) is 0. The van der Waals surface area contributed by atoms with Crippen LogP contribution in [0, 0.1) is 12.8 Å². The molecule has 15 heavy (non-hydrogen) atoms. The Kier molecular flexibility index (Phi) is 3.79. The molecule has 0 aromatic heterocycles. The lowest BCUT2D eigenvalue weighted by Gasteiger charge is -2.21. The van der Waals surface area contributed by atoms with Crippen molar-refractivity contribution in [1.29, 1.82) is 0 Å². The first-order chi connectivity index (χ1) is 7.34. The van der Waals surface area contributed by atoms with Gasteiger partial charge in [-0.1, -0.05) is 29.8 Å². The summed E-state index contributed by atoms with van der Waals surface area (Å²) < 4.78 is 0. The molecule has 81 valence electrons. The molecule has 1 aliphatic rings. The van der Waals surface area contributed by atoms with Gasteiger partial charge in [0, 0.05) is 13.1 Å². The van der Waals surface area contributed by atoms with Crippen LogP contribution in [0.15, 0.2) is 24.3 Å². The highest BCUT2D eigenvalue weighted by Gasteiger charge is 2.13. The first-order valence-corrected chi connectivity index (χ1v) is 6.03. The Balaban J connectivity index is 1.79. The number of rotatable bonds is 3. The van der Waals surface area contributed by atoms with Crippen molar-refractivity contribution in [2.24, 2.45) is 5.92 Å². The predicted molar refractivity (Wildman–Crippen MR) is 64.1 cm³/mol. The van der Waals surface area contributed by atoms with E-state index in [1.165, 1.54) is 36.8 Å². The summed E-state index contributed by atoms with van der Waals surface area (Å²) in [5.41, 5.74) is 2.85. The maximum Gasteiger partial charge on any atom is 0.0136 e. The summed E-state index contributed by atoms with van der Waals surface area (Å²) in [6.07, 6.45) is 5.21. The van der Waals surface area contributed by atoms with Gasteiger partial charge in [-0.05, 0) is 44.1 Å². The highest BCUT2D eigenvalue weighted by atomic mass is 14.9. The maximum absolute atomic E-state index is 4.39. The zero-order valence-electron chi connectivity index (χ0n) is 9.58. The van der Waals surface area contributed by atoms with Crippen LogP contribution >= 0.6 is 0 Å². The zero-order valence-corrected chi connectivity index (χ0v) is 9.58. The van der Waals surface area contributed by atoms with Gasteiger partial charge in [0.2, 0.25) is 0 Å². The second-order valence-corrected chi connectivity index (χ2v) is 4.64. The molecule has 1 aliphatic heterocycles. The van der Waals surface area contributed by atoms with Gasteiger partial charge in [-0.25, -0.2) is 5.32 Å². The largest absolute Gasteiger partial charge is 0.242 e. The highest BCUT2D eigenvalue weighted by molar-refractivity contribution is 5.21. The van der Waals surface area contributed by atoms with E-state index in [0.717, 1.165) is 19.0 Å². The third-order valence-electron chi connectivity index (χ3n) is 3.35. The van der Waals surface area contributed by atoms with Gasteiger partial charge in [0.1, 0.15) is 0 Å². The third kappa shape index (κ3) is 3.35. The average molecular weight is 202 g/mol. The molecule has 1 fully saturated rings. The Morgan fingerprint density at radius 3 is 2.47 bits per heavy atom. The minimum absolute atomic E-state index is 0.920. The molecule has 0 N–H and O–H groups in total. The quantitative estimate of drug-likeness (QED) is 0.715. The number of nitrogens with zero attached hydrogens (tertiary/aromatic N) is 1. The Bertz CT molecular complexity index is 283. The van der Waals surface area contributed by atoms with Gasteiger partial charge in [-0.3, -0.25) is 0 Å². The van der Waals surface area contributed by atoms with Crippen LogP contribution < -0.4 is 5.32 Å². The number of aryl methyl sites for hydroxylation is 2. The molecule has 0 atom stereocenters. The first-order valence-electron chi connectivity index (χ1n) is 6.03. The van der Waals surface area contributed by atoms with Crippen molar-refractivity contribution in [2.45, 2.75) is 32.6 Å². The van der Waals surface area contributed by atoms with Gasteiger partial charge in [-0.15, -0.1) is 0 Å². The van der Waals surface area contributed by atoms with E-state index >= 15 is 0 Å². The lowest BCUT2D eigenvalue weighted by molar-refractivity contribution is 0.350. The summed E-state index contributed by atoms with van der Waals surface area (Å²) in [6.45, 7) is 4.34. The Hall–Kier alpha value is -0.820. The topological polar surface area (TPSA) is 14.1 Å². The van der Waals surface area contributed by atoms with Crippen molar-refractivity contribution in [3.8, 4) is 0 Å². The van der Waals surface area contributed by atoms with E-state index in [9.17, 15) is 0 Å². The fourth-order valence-corrected chi connectivity index (χ4v) is 2.22. The SMILES string of the molecule is Cc1ccc(CCC2CC[N]CC2)cc1. The standard InChI is InChI=1S/C14H20N/c1-12-2-4-13(5-3-12)6-7-14-8-10-15-11-9-14/h2-5,14H,6-11H2,1H3. The smallest absolute Gasteiger partial charge is 0.0136 e. The molecule has 0 aliphatic carbocycles. The number of benzene rings is 1. The Morgan fingerprint density at radius 1 is 1.13 bits per heavy atom. The van der Waals surface area contributed by atoms with Crippen molar-refractivity contribution in [3.63, 3.8) is 0 Å². The molecule has 1 heterocycles. The summed E-state index contributed by atoms with van der Waals surface area (Å²) in [5.74, 6) is 0.920. The highest BCUT2D eigenvalue weighted by Crippen LogP contribution is 2.19. The van der Waals surface area contributed by atoms with Crippen LogP contribution in [0.25, 0.3) is 0 Å². The normalized spacial score (nSPS) is 17.9. The van der Waals surface area contributed by atoms with Crippen LogP contribution in [0.4, 0.5) is 0 Å². The average Bonchev–Trinajstić information content (AvgIpc) is 2.30. The van der Waals surface area contributed by atoms with E-state index in [0.29, 0.717) is 0 Å². The van der Waals surface area contributed by atoms with Crippen molar-refractivity contribution < 1.29 is 0 Å². The molecular formula is C14H20N. The summed E-state index contributed by atoms with van der Waals surface area (Å²) in [4.78, 5) is 0. The minimum atomic E-state index is 0.920. The van der Waals surface area contributed by atoms with Gasteiger partial charge < -0.3 is 0 Å². The van der Waals surface area contributed by atoms with Gasteiger partial charge >= 0.3 is 0 Å². The minimum Gasteiger partial charge on any atom is -0.242 e. The lowest BCUT2D eigenvalue weighted by atomic mass is 9.91. The number of hydrogen-bond acceptors (Lipinski definition) is 0. The molecule has 0 saturated carbocycles. The van der Waals surface area contributed by atoms with E-state index in [4.69, 9.17) is 0 Å². The number of piperidine rings is 1. The van der Waals surface area contributed by atoms with E-state index in [1.807, 2.05) is 0 Å². The van der Waals surface area contributed by atoms with Crippen molar-refractivity contribution in [2.75, 3.05) is 13.1 Å². The molecule has 1 nitrogen and oxygen atoms in total. The molecule has 0 amide bonds.